The van der Waals surface area contributed by atoms with Gasteiger partial charge in [-0.2, -0.15) is 0 Å². The van der Waals surface area contributed by atoms with Crippen molar-refractivity contribution in [3.8, 4) is 5.75 Å². The molecule has 39 heavy (non-hydrogen) atoms. The van der Waals surface area contributed by atoms with Crippen molar-refractivity contribution in [2.75, 3.05) is 31.3 Å². The molecule has 1 atom stereocenters. The minimum absolute atomic E-state index is 0.0325. The number of amides is 2. The molecule has 2 amide bonds. The lowest BCUT2D eigenvalue weighted by Crippen LogP contribution is -2.53. The van der Waals surface area contributed by atoms with Gasteiger partial charge in [0.2, 0.25) is 21.8 Å². The molecule has 0 fully saturated rings. The first-order valence-corrected chi connectivity index (χ1v) is 14.6. The second-order valence-corrected chi connectivity index (χ2v) is 11.6. The van der Waals surface area contributed by atoms with E-state index in [4.69, 9.17) is 4.74 Å². The highest BCUT2D eigenvalue weighted by Gasteiger charge is 2.33. The van der Waals surface area contributed by atoms with Crippen LogP contribution >= 0.6 is 0 Å². The van der Waals surface area contributed by atoms with Crippen LogP contribution in [0.1, 0.15) is 36.5 Å². The number of methoxy groups -OCH3 is 1. The summed E-state index contributed by atoms with van der Waals surface area (Å²) in [6.07, 6.45) is 1.35. The highest BCUT2D eigenvalue weighted by Crippen LogP contribution is 2.29. The van der Waals surface area contributed by atoms with Gasteiger partial charge in [0, 0.05) is 20.0 Å². The zero-order chi connectivity index (χ0) is 28.6. The van der Waals surface area contributed by atoms with E-state index in [1.54, 1.807) is 31.4 Å². The summed E-state index contributed by atoms with van der Waals surface area (Å²) < 4.78 is 32.5. The van der Waals surface area contributed by atoms with Crippen LogP contribution in [-0.4, -0.2) is 58.1 Å². The minimum Gasteiger partial charge on any atom is -0.497 e. The second-order valence-electron chi connectivity index (χ2n) is 9.68. The van der Waals surface area contributed by atoms with Crippen LogP contribution < -0.4 is 14.4 Å². The van der Waals surface area contributed by atoms with E-state index in [0.717, 1.165) is 27.3 Å². The molecule has 8 nitrogen and oxygen atoms in total. The Bertz CT molecular complexity index is 1380. The van der Waals surface area contributed by atoms with Crippen molar-refractivity contribution < 1.29 is 22.7 Å². The zero-order valence-corrected chi connectivity index (χ0v) is 23.9. The number of ether oxygens (including phenoxy) is 1. The third kappa shape index (κ3) is 7.83. The van der Waals surface area contributed by atoms with Crippen LogP contribution in [0.25, 0.3) is 0 Å². The number of para-hydroxylation sites is 1. The average molecular weight is 552 g/mol. The molecule has 0 bridgehead atoms. The first-order chi connectivity index (χ1) is 18.5. The lowest BCUT2D eigenvalue weighted by Gasteiger charge is -2.34. The number of likely N-dealkylation sites (N-methyl/N-ethyl adjacent to an activating group) is 1. The molecule has 0 saturated carbocycles. The first kappa shape index (κ1) is 29.7. The Balaban J connectivity index is 2.07. The fourth-order valence-corrected chi connectivity index (χ4v) is 5.35. The fourth-order valence-electron chi connectivity index (χ4n) is 4.49. The van der Waals surface area contributed by atoms with Gasteiger partial charge in [-0.3, -0.25) is 13.9 Å². The van der Waals surface area contributed by atoms with Crippen molar-refractivity contribution in [3.63, 3.8) is 0 Å². The molecule has 0 aromatic heterocycles. The molecule has 0 aliphatic carbocycles. The summed E-state index contributed by atoms with van der Waals surface area (Å²) in [5, 5.41) is 2.68. The maximum Gasteiger partial charge on any atom is 0.244 e. The summed E-state index contributed by atoms with van der Waals surface area (Å²) in [5.41, 5.74) is 2.88. The van der Waals surface area contributed by atoms with Crippen molar-refractivity contribution >= 4 is 27.5 Å². The number of anilines is 1. The summed E-state index contributed by atoms with van der Waals surface area (Å²) in [6, 6.07) is 22.9. The van der Waals surface area contributed by atoms with Gasteiger partial charge in [0.25, 0.3) is 0 Å². The van der Waals surface area contributed by atoms with E-state index >= 15 is 0 Å². The van der Waals surface area contributed by atoms with Gasteiger partial charge in [-0.05, 0) is 40.8 Å². The van der Waals surface area contributed by atoms with Crippen molar-refractivity contribution in [1.82, 2.24) is 10.2 Å². The summed E-state index contributed by atoms with van der Waals surface area (Å²) in [4.78, 5) is 28.7. The third-order valence-corrected chi connectivity index (χ3v) is 7.64. The van der Waals surface area contributed by atoms with Gasteiger partial charge in [-0.1, -0.05) is 74.5 Å². The molecular weight excluding hydrogens is 514 g/mol. The molecule has 1 N–H and O–H groups in total. The summed E-state index contributed by atoms with van der Waals surface area (Å²) in [6.45, 7) is 3.58. The second kappa shape index (κ2) is 13.3. The molecule has 208 valence electrons. The highest BCUT2D eigenvalue weighted by molar-refractivity contribution is 7.92. The maximum absolute atomic E-state index is 14.1. The van der Waals surface area contributed by atoms with E-state index < -0.39 is 28.5 Å². The molecule has 0 aliphatic rings. The SMILES string of the molecule is CNC(=O)[C@@H](Cc1ccccc1)N(Cc1cccc(OC)c1)C(=O)CN(c1ccccc1C(C)C)S(C)(=O)=O. The van der Waals surface area contributed by atoms with Crippen molar-refractivity contribution in [2.45, 2.75) is 38.8 Å². The molecule has 0 unspecified atom stereocenters. The van der Waals surface area contributed by atoms with Crippen LogP contribution in [0, 0.1) is 0 Å². The van der Waals surface area contributed by atoms with Gasteiger partial charge in [0.15, 0.2) is 0 Å². The van der Waals surface area contributed by atoms with Gasteiger partial charge in [0.05, 0.1) is 19.1 Å². The number of carbonyl (C=O) groups excluding carboxylic acids is 2. The molecule has 0 spiro atoms. The lowest BCUT2D eigenvalue weighted by atomic mass is 10.0. The number of nitrogens with one attached hydrogen (secondary N) is 1. The Morgan fingerprint density at radius 2 is 1.56 bits per heavy atom. The van der Waals surface area contributed by atoms with Gasteiger partial charge < -0.3 is 15.0 Å². The number of nitrogens with zero attached hydrogens (tertiary/aromatic N) is 2. The molecule has 0 radical (unpaired) electrons. The fraction of sp³-hybridized carbons (Fsp3) is 0.333. The van der Waals surface area contributed by atoms with Crippen molar-refractivity contribution in [1.29, 1.82) is 0 Å². The smallest absolute Gasteiger partial charge is 0.244 e. The number of rotatable bonds is 12. The van der Waals surface area contributed by atoms with Crippen LogP contribution in [-0.2, 0) is 32.6 Å². The molecule has 0 heterocycles. The Morgan fingerprint density at radius 1 is 0.923 bits per heavy atom. The van der Waals surface area contributed by atoms with E-state index in [-0.39, 0.29) is 24.8 Å². The van der Waals surface area contributed by atoms with Gasteiger partial charge in [-0.15, -0.1) is 0 Å². The largest absolute Gasteiger partial charge is 0.497 e. The Labute approximate surface area is 231 Å². The standard InChI is InChI=1S/C30H37N3O5S/c1-22(2)26-16-9-10-17-27(26)33(39(5,36)37)21-29(34)32(20-24-14-11-15-25(18-24)38-4)28(30(35)31-3)19-23-12-7-6-8-13-23/h6-18,22,28H,19-21H2,1-5H3,(H,31,35)/t28-/m1/s1. The molecule has 3 aromatic rings. The summed E-state index contributed by atoms with van der Waals surface area (Å²) >= 11 is 0. The molecule has 9 heteroatoms. The topological polar surface area (TPSA) is 96.0 Å². The monoisotopic (exact) mass is 551 g/mol. The third-order valence-electron chi connectivity index (χ3n) is 6.51. The van der Waals surface area contributed by atoms with Gasteiger partial charge in [0.1, 0.15) is 18.3 Å². The molecule has 0 saturated heterocycles. The summed E-state index contributed by atoms with van der Waals surface area (Å²) in [7, 11) is -0.751. The Kier molecular flexibility index (Phi) is 10.1. The van der Waals surface area contributed by atoms with Gasteiger partial charge in [-0.25, -0.2) is 8.42 Å². The number of hydrogen-bond acceptors (Lipinski definition) is 5. The van der Waals surface area contributed by atoms with E-state index in [2.05, 4.69) is 5.32 Å². The lowest BCUT2D eigenvalue weighted by molar-refractivity contribution is -0.139. The quantitative estimate of drug-likeness (QED) is 0.368. The van der Waals surface area contributed by atoms with Crippen molar-refractivity contribution in [3.05, 3.63) is 95.6 Å². The number of hydrogen-bond donors (Lipinski definition) is 1. The highest BCUT2D eigenvalue weighted by atomic mass is 32.2. The van der Waals surface area contributed by atoms with Crippen LogP contribution in [0.3, 0.4) is 0 Å². The van der Waals surface area contributed by atoms with E-state index in [9.17, 15) is 18.0 Å². The molecule has 3 rings (SSSR count). The number of benzene rings is 3. The van der Waals surface area contributed by atoms with Crippen LogP contribution in [0.5, 0.6) is 5.75 Å². The Hall–Kier alpha value is -3.85. The van der Waals surface area contributed by atoms with Gasteiger partial charge >= 0.3 is 0 Å². The van der Waals surface area contributed by atoms with E-state index in [1.807, 2.05) is 68.4 Å². The first-order valence-electron chi connectivity index (χ1n) is 12.8. The zero-order valence-electron chi connectivity index (χ0n) is 23.1. The summed E-state index contributed by atoms with van der Waals surface area (Å²) in [5.74, 6) is -0.192. The predicted octanol–water partition coefficient (Wildman–Crippen LogP) is 3.97. The normalized spacial score (nSPS) is 12.1. The molecule has 0 aliphatic heterocycles. The molecule has 3 aromatic carbocycles. The van der Waals surface area contributed by atoms with Crippen LogP contribution in [0.4, 0.5) is 5.69 Å². The van der Waals surface area contributed by atoms with Crippen LogP contribution in [0.15, 0.2) is 78.9 Å². The number of carbonyl (C=O) groups is 2. The average Bonchev–Trinajstić information content (AvgIpc) is 2.93. The van der Waals surface area contributed by atoms with E-state index in [0.29, 0.717) is 11.4 Å². The molecular formula is C30H37N3O5S. The van der Waals surface area contributed by atoms with Crippen molar-refractivity contribution in [2.24, 2.45) is 0 Å². The Morgan fingerprint density at radius 3 is 2.18 bits per heavy atom. The number of sulfonamides is 1. The van der Waals surface area contributed by atoms with E-state index in [1.165, 1.54) is 11.9 Å². The van der Waals surface area contributed by atoms with Crippen LogP contribution in [0.2, 0.25) is 0 Å². The predicted molar refractivity (Wildman–Crippen MR) is 154 cm³/mol. The minimum atomic E-state index is -3.83. The maximum atomic E-state index is 14.1.